The van der Waals surface area contributed by atoms with Crippen molar-refractivity contribution in [3.8, 4) is 0 Å². The number of para-hydroxylation sites is 1. The van der Waals surface area contributed by atoms with Gasteiger partial charge in [-0.2, -0.15) is 0 Å². The van der Waals surface area contributed by atoms with Gasteiger partial charge in [-0.05, 0) is 71.7 Å². The predicted molar refractivity (Wildman–Crippen MR) is 133 cm³/mol. The molecule has 0 radical (unpaired) electrons. The molecule has 0 fully saturated rings. The van der Waals surface area contributed by atoms with Crippen LogP contribution in [0.4, 0.5) is 17.1 Å². The molecule has 0 aromatic heterocycles. The minimum absolute atomic E-state index is 0.0336. The van der Waals surface area contributed by atoms with Crippen molar-refractivity contribution in [1.29, 1.82) is 0 Å². The lowest BCUT2D eigenvalue weighted by atomic mass is 10.1. The Balaban J connectivity index is 1.59. The van der Waals surface area contributed by atoms with Crippen molar-refractivity contribution in [3.63, 3.8) is 0 Å². The number of rotatable bonds is 5. The summed E-state index contributed by atoms with van der Waals surface area (Å²) in [6.45, 7) is 3.74. The fourth-order valence-electron chi connectivity index (χ4n) is 3.33. The van der Waals surface area contributed by atoms with Crippen molar-refractivity contribution in [2.75, 3.05) is 15.5 Å². The van der Waals surface area contributed by atoms with Crippen LogP contribution in [0.1, 0.15) is 21.5 Å². The van der Waals surface area contributed by atoms with Crippen LogP contribution in [-0.2, 0) is 9.59 Å². The summed E-state index contributed by atoms with van der Waals surface area (Å²) in [5, 5.41) is 5.61. The Hall–Kier alpha value is -3.42. The topological polar surface area (TPSA) is 78.5 Å². The van der Waals surface area contributed by atoms with E-state index in [-0.39, 0.29) is 16.6 Å². The fourth-order valence-corrected chi connectivity index (χ4v) is 3.93. The van der Waals surface area contributed by atoms with Gasteiger partial charge in [0.1, 0.15) is 10.7 Å². The highest BCUT2D eigenvalue weighted by atomic mass is 79.9. The molecule has 3 amide bonds. The van der Waals surface area contributed by atoms with Gasteiger partial charge in [-0.15, -0.1) is 0 Å². The molecule has 1 aliphatic heterocycles. The van der Waals surface area contributed by atoms with Crippen LogP contribution in [0.2, 0.25) is 0 Å². The molecule has 0 unspecified atom stereocenters. The Morgan fingerprint density at radius 1 is 0.909 bits per heavy atom. The molecule has 0 aliphatic carbocycles. The first-order valence-electron chi connectivity index (χ1n) is 10.0. The highest BCUT2D eigenvalue weighted by molar-refractivity contribution is 9.10. The highest BCUT2D eigenvalue weighted by Gasteiger charge is 2.39. The number of amides is 3. The number of carbonyl (C=O) groups is 3. The van der Waals surface area contributed by atoms with Crippen LogP contribution in [0.3, 0.4) is 0 Å². The average Bonchev–Trinajstić information content (AvgIpc) is 3.00. The van der Waals surface area contributed by atoms with Gasteiger partial charge in [0.25, 0.3) is 17.7 Å². The molecule has 3 aromatic rings. The summed E-state index contributed by atoms with van der Waals surface area (Å²) in [4.78, 5) is 39.6. The normalized spacial score (nSPS) is 13.5. The van der Waals surface area contributed by atoms with Crippen molar-refractivity contribution in [2.24, 2.45) is 0 Å². The van der Waals surface area contributed by atoms with E-state index in [0.717, 1.165) is 20.5 Å². The lowest BCUT2D eigenvalue weighted by Gasteiger charge is -2.16. The first-order chi connectivity index (χ1) is 15.8. The summed E-state index contributed by atoms with van der Waals surface area (Å²) in [6, 6.07) is 19.3. The van der Waals surface area contributed by atoms with Crippen molar-refractivity contribution in [3.05, 3.63) is 98.6 Å². The molecular formula is C25H19BrClN3O3. The maximum absolute atomic E-state index is 13.0. The molecule has 0 bridgehead atoms. The lowest BCUT2D eigenvalue weighted by molar-refractivity contribution is -0.120. The SMILES string of the molecule is Cc1ccc(N2C(=O)C(Cl)=C(Nc3cc(C(=O)Nc4ccccc4Br)ccc3C)C2=O)cc1. The van der Waals surface area contributed by atoms with Crippen molar-refractivity contribution >= 4 is 62.3 Å². The number of hydrogen-bond acceptors (Lipinski definition) is 4. The van der Waals surface area contributed by atoms with Crippen molar-refractivity contribution in [1.82, 2.24) is 0 Å². The molecule has 3 aromatic carbocycles. The minimum atomic E-state index is -0.603. The van der Waals surface area contributed by atoms with Crippen LogP contribution in [-0.4, -0.2) is 17.7 Å². The Bertz CT molecular complexity index is 1320. The second kappa shape index (κ2) is 9.21. The van der Waals surface area contributed by atoms with Crippen LogP contribution in [0.25, 0.3) is 0 Å². The summed E-state index contributed by atoms with van der Waals surface area (Å²) in [5.41, 5.74) is 3.69. The first kappa shape index (κ1) is 22.8. The number of halogens is 2. The van der Waals surface area contributed by atoms with Crippen LogP contribution in [0.5, 0.6) is 0 Å². The molecule has 0 saturated heterocycles. The van der Waals surface area contributed by atoms with E-state index in [0.29, 0.717) is 22.6 Å². The van der Waals surface area contributed by atoms with E-state index in [9.17, 15) is 14.4 Å². The zero-order valence-corrected chi connectivity index (χ0v) is 20.1. The van der Waals surface area contributed by atoms with E-state index in [1.54, 1.807) is 36.4 Å². The quantitative estimate of drug-likeness (QED) is 0.416. The number of aryl methyl sites for hydroxylation is 2. The molecule has 166 valence electrons. The average molecular weight is 525 g/mol. The molecule has 1 heterocycles. The van der Waals surface area contributed by atoms with Gasteiger partial charge in [0.15, 0.2) is 0 Å². The van der Waals surface area contributed by atoms with E-state index in [4.69, 9.17) is 11.6 Å². The predicted octanol–water partition coefficient (Wildman–Crippen LogP) is 5.75. The summed E-state index contributed by atoms with van der Waals surface area (Å²) < 4.78 is 0.756. The minimum Gasteiger partial charge on any atom is -0.349 e. The summed E-state index contributed by atoms with van der Waals surface area (Å²) in [5.74, 6) is -1.48. The number of nitrogens with one attached hydrogen (secondary N) is 2. The molecule has 6 nitrogen and oxygen atoms in total. The number of imide groups is 1. The smallest absolute Gasteiger partial charge is 0.283 e. The van der Waals surface area contributed by atoms with Crippen LogP contribution in [0.15, 0.2) is 81.9 Å². The Morgan fingerprint density at radius 2 is 1.61 bits per heavy atom. The zero-order valence-electron chi connectivity index (χ0n) is 17.8. The first-order valence-corrected chi connectivity index (χ1v) is 11.2. The van der Waals surface area contributed by atoms with Gasteiger partial charge >= 0.3 is 0 Å². The third-order valence-corrected chi connectivity index (χ3v) is 6.24. The largest absolute Gasteiger partial charge is 0.349 e. The van der Waals surface area contributed by atoms with Gasteiger partial charge in [-0.3, -0.25) is 14.4 Å². The summed E-state index contributed by atoms with van der Waals surface area (Å²) >= 11 is 9.66. The van der Waals surface area contributed by atoms with Crippen LogP contribution < -0.4 is 15.5 Å². The maximum atomic E-state index is 13.0. The third-order valence-electron chi connectivity index (χ3n) is 5.20. The Labute approximate surface area is 204 Å². The van der Waals surface area contributed by atoms with Gasteiger partial charge in [-0.25, -0.2) is 4.90 Å². The van der Waals surface area contributed by atoms with Gasteiger partial charge < -0.3 is 10.6 Å². The fraction of sp³-hybridized carbons (Fsp3) is 0.0800. The highest BCUT2D eigenvalue weighted by Crippen LogP contribution is 2.31. The summed E-state index contributed by atoms with van der Waals surface area (Å²) in [6.07, 6.45) is 0. The molecule has 1 aliphatic rings. The lowest BCUT2D eigenvalue weighted by Crippen LogP contribution is -2.32. The number of carbonyl (C=O) groups excluding carboxylic acids is 3. The molecule has 0 saturated carbocycles. The van der Waals surface area contributed by atoms with Gasteiger partial charge in [0.2, 0.25) is 0 Å². The molecule has 0 atom stereocenters. The van der Waals surface area contributed by atoms with E-state index < -0.39 is 11.8 Å². The molecule has 0 spiro atoms. The second-order valence-corrected chi connectivity index (χ2v) is 8.79. The Kier molecular flexibility index (Phi) is 6.35. The van der Waals surface area contributed by atoms with Crippen LogP contribution in [0, 0.1) is 13.8 Å². The van der Waals surface area contributed by atoms with E-state index >= 15 is 0 Å². The third kappa shape index (κ3) is 4.55. The monoisotopic (exact) mass is 523 g/mol. The maximum Gasteiger partial charge on any atom is 0.283 e. The van der Waals surface area contributed by atoms with E-state index in [2.05, 4.69) is 26.6 Å². The zero-order chi connectivity index (χ0) is 23.7. The van der Waals surface area contributed by atoms with Crippen molar-refractivity contribution < 1.29 is 14.4 Å². The number of hydrogen-bond donors (Lipinski definition) is 2. The number of benzene rings is 3. The van der Waals surface area contributed by atoms with Gasteiger partial charge in [0, 0.05) is 15.7 Å². The van der Waals surface area contributed by atoms with Crippen molar-refractivity contribution in [2.45, 2.75) is 13.8 Å². The number of anilines is 3. The van der Waals surface area contributed by atoms with Crippen LogP contribution >= 0.6 is 27.5 Å². The summed E-state index contributed by atoms with van der Waals surface area (Å²) in [7, 11) is 0. The van der Waals surface area contributed by atoms with E-state index in [1.807, 2.05) is 44.2 Å². The molecule has 2 N–H and O–H groups in total. The molecule has 33 heavy (non-hydrogen) atoms. The van der Waals surface area contributed by atoms with Gasteiger partial charge in [-0.1, -0.05) is 47.5 Å². The standard InChI is InChI=1S/C25H19BrClN3O3/c1-14-7-11-17(12-8-14)30-24(32)21(27)22(25(30)33)28-20-13-16(10-9-15(20)2)23(31)29-19-6-4-3-5-18(19)26/h3-13,28H,1-2H3,(H,29,31). The molecular weight excluding hydrogens is 506 g/mol. The van der Waals surface area contributed by atoms with E-state index in [1.165, 1.54) is 0 Å². The molecule has 8 heteroatoms. The second-order valence-electron chi connectivity index (χ2n) is 7.56. The van der Waals surface area contributed by atoms with Gasteiger partial charge in [0.05, 0.1) is 11.4 Å². The Morgan fingerprint density at radius 3 is 2.30 bits per heavy atom. The molecule has 4 rings (SSSR count). The number of nitrogens with zero attached hydrogens (tertiary/aromatic N) is 1.